The van der Waals surface area contributed by atoms with Gasteiger partial charge in [0.2, 0.25) is 5.28 Å². The maximum absolute atomic E-state index is 8.91. The summed E-state index contributed by atoms with van der Waals surface area (Å²) in [7, 11) is 0. The van der Waals surface area contributed by atoms with Crippen LogP contribution in [0.3, 0.4) is 0 Å². The highest BCUT2D eigenvalue weighted by Crippen LogP contribution is 2.30. The van der Waals surface area contributed by atoms with E-state index in [0.717, 1.165) is 35.4 Å². The molecule has 0 radical (unpaired) electrons. The number of rotatable bonds is 6. The van der Waals surface area contributed by atoms with Crippen LogP contribution in [0.5, 0.6) is 0 Å². The zero-order chi connectivity index (χ0) is 13.8. The molecule has 0 amide bonds. The van der Waals surface area contributed by atoms with Gasteiger partial charge in [-0.05, 0) is 36.4 Å². The summed E-state index contributed by atoms with van der Waals surface area (Å²) in [5, 5.41) is 13.5. The van der Waals surface area contributed by atoms with Crippen LogP contribution in [0.25, 0.3) is 10.2 Å². The Labute approximate surface area is 121 Å². The van der Waals surface area contributed by atoms with Gasteiger partial charge >= 0.3 is 0 Å². The molecule has 2 aromatic heterocycles. The van der Waals surface area contributed by atoms with E-state index in [2.05, 4.69) is 35.2 Å². The van der Waals surface area contributed by atoms with Gasteiger partial charge in [-0.3, -0.25) is 0 Å². The molecule has 19 heavy (non-hydrogen) atoms. The first-order valence-corrected chi connectivity index (χ1v) is 7.64. The van der Waals surface area contributed by atoms with E-state index in [1.807, 2.05) is 0 Å². The Morgan fingerprint density at radius 3 is 2.95 bits per heavy atom. The Hall–Kier alpha value is -0.910. The van der Waals surface area contributed by atoms with Gasteiger partial charge in [0, 0.05) is 18.0 Å². The van der Waals surface area contributed by atoms with E-state index in [0.29, 0.717) is 5.92 Å². The predicted octanol–water partition coefficient (Wildman–Crippen LogP) is 3.34. The number of aliphatic hydroxyl groups is 1. The van der Waals surface area contributed by atoms with Crippen molar-refractivity contribution in [1.29, 1.82) is 0 Å². The molecule has 0 saturated heterocycles. The molecule has 0 spiro atoms. The molecule has 0 aliphatic heterocycles. The van der Waals surface area contributed by atoms with Crippen LogP contribution < -0.4 is 5.32 Å². The molecule has 104 valence electrons. The predicted molar refractivity (Wildman–Crippen MR) is 81.2 cm³/mol. The van der Waals surface area contributed by atoms with Gasteiger partial charge in [-0.25, -0.2) is 9.97 Å². The molecule has 2 rings (SSSR count). The van der Waals surface area contributed by atoms with Gasteiger partial charge in [0.05, 0.1) is 5.39 Å². The minimum atomic E-state index is 0.210. The Morgan fingerprint density at radius 1 is 1.47 bits per heavy atom. The first kappa shape index (κ1) is 14.5. The van der Waals surface area contributed by atoms with Crippen molar-refractivity contribution >= 4 is 39.0 Å². The number of anilines is 1. The minimum Gasteiger partial charge on any atom is -0.396 e. The van der Waals surface area contributed by atoms with E-state index in [1.54, 1.807) is 11.3 Å². The third-order valence-electron chi connectivity index (χ3n) is 3.00. The summed E-state index contributed by atoms with van der Waals surface area (Å²) < 4.78 is 0. The maximum atomic E-state index is 8.91. The number of hydrogen-bond acceptors (Lipinski definition) is 5. The highest BCUT2D eigenvalue weighted by molar-refractivity contribution is 7.18. The summed E-state index contributed by atoms with van der Waals surface area (Å²) in [4.78, 5) is 10.7. The monoisotopic (exact) mass is 299 g/mol. The van der Waals surface area contributed by atoms with Crippen LogP contribution >= 0.6 is 22.9 Å². The normalized spacial score (nSPS) is 12.8. The summed E-state index contributed by atoms with van der Waals surface area (Å²) in [5.41, 5.74) is 0. The number of aliphatic hydroxyl groups excluding tert-OH is 1. The topological polar surface area (TPSA) is 58.0 Å². The van der Waals surface area contributed by atoms with Gasteiger partial charge in [-0.1, -0.05) is 13.8 Å². The third kappa shape index (κ3) is 3.55. The molecular formula is C13H18ClN3OS. The fourth-order valence-corrected chi connectivity index (χ4v) is 3.03. The lowest BCUT2D eigenvalue weighted by atomic mass is 10.1. The highest BCUT2D eigenvalue weighted by Gasteiger charge is 2.11. The van der Waals surface area contributed by atoms with E-state index >= 15 is 0 Å². The third-order valence-corrected chi connectivity index (χ3v) is 4.35. The average Bonchev–Trinajstić information content (AvgIpc) is 2.79. The van der Waals surface area contributed by atoms with E-state index < -0.39 is 0 Å². The number of fused-ring (bicyclic) bond motifs is 1. The highest BCUT2D eigenvalue weighted by atomic mass is 35.5. The van der Waals surface area contributed by atoms with Crippen LogP contribution in [0, 0.1) is 5.92 Å². The second-order valence-electron chi connectivity index (χ2n) is 4.62. The van der Waals surface area contributed by atoms with Crippen LogP contribution in [0.1, 0.15) is 25.1 Å². The number of aryl methyl sites for hydroxylation is 1. The minimum absolute atomic E-state index is 0.210. The smallest absolute Gasteiger partial charge is 0.225 e. The van der Waals surface area contributed by atoms with Crippen molar-refractivity contribution < 1.29 is 5.11 Å². The van der Waals surface area contributed by atoms with E-state index in [1.165, 1.54) is 4.88 Å². The van der Waals surface area contributed by atoms with Crippen molar-refractivity contribution in [2.24, 2.45) is 5.92 Å². The van der Waals surface area contributed by atoms with Gasteiger partial charge in [0.25, 0.3) is 0 Å². The lowest BCUT2D eigenvalue weighted by Gasteiger charge is -2.12. The van der Waals surface area contributed by atoms with Crippen LogP contribution in [0.15, 0.2) is 6.07 Å². The molecule has 0 fully saturated rings. The van der Waals surface area contributed by atoms with E-state index in [-0.39, 0.29) is 11.9 Å². The van der Waals surface area contributed by atoms with Gasteiger partial charge in [-0.15, -0.1) is 11.3 Å². The number of hydrogen-bond donors (Lipinski definition) is 2. The summed E-state index contributed by atoms with van der Waals surface area (Å²) >= 11 is 7.61. The van der Waals surface area contributed by atoms with Gasteiger partial charge in [0.15, 0.2) is 0 Å². The van der Waals surface area contributed by atoms with Crippen molar-refractivity contribution in [3.05, 3.63) is 16.2 Å². The Bertz CT molecular complexity index is 558. The average molecular weight is 300 g/mol. The van der Waals surface area contributed by atoms with Crippen molar-refractivity contribution in [3.8, 4) is 0 Å². The molecule has 0 aliphatic carbocycles. The van der Waals surface area contributed by atoms with Crippen LogP contribution in [-0.2, 0) is 6.42 Å². The number of halogens is 1. The molecule has 2 N–H and O–H groups in total. The molecule has 2 aromatic rings. The first-order chi connectivity index (χ1) is 9.13. The van der Waals surface area contributed by atoms with Gasteiger partial charge in [0.1, 0.15) is 10.6 Å². The van der Waals surface area contributed by atoms with Gasteiger partial charge < -0.3 is 10.4 Å². The molecule has 0 aliphatic rings. The largest absolute Gasteiger partial charge is 0.396 e. The van der Waals surface area contributed by atoms with Crippen LogP contribution in [0.4, 0.5) is 5.82 Å². The molecule has 6 heteroatoms. The van der Waals surface area contributed by atoms with Crippen LogP contribution in [0.2, 0.25) is 5.28 Å². The zero-order valence-corrected chi connectivity index (χ0v) is 12.7. The molecule has 2 heterocycles. The first-order valence-electron chi connectivity index (χ1n) is 6.44. The van der Waals surface area contributed by atoms with E-state index in [4.69, 9.17) is 16.7 Å². The lowest BCUT2D eigenvalue weighted by Crippen LogP contribution is -2.13. The van der Waals surface area contributed by atoms with Crippen molar-refractivity contribution in [3.63, 3.8) is 0 Å². The second-order valence-corrected chi connectivity index (χ2v) is 6.08. The van der Waals surface area contributed by atoms with Crippen LogP contribution in [-0.4, -0.2) is 28.2 Å². The molecule has 1 unspecified atom stereocenters. The number of thiophene rings is 1. The quantitative estimate of drug-likeness (QED) is 0.803. The Morgan fingerprint density at radius 2 is 2.26 bits per heavy atom. The lowest BCUT2D eigenvalue weighted by molar-refractivity contribution is 0.266. The number of nitrogens with one attached hydrogen (secondary N) is 1. The Kier molecular flexibility index (Phi) is 4.96. The van der Waals surface area contributed by atoms with Crippen molar-refractivity contribution in [1.82, 2.24) is 9.97 Å². The molecule has 4 nitrogen and oxygen atoms in total. The summed E-state index contributed by atoms with van der Waals surface area (Å²) in [6, 6.07) is 2.12. The van der Waals surface area contributed by atoms with Gasteiger partial charge in [-0.2, -0.15) is 0 Å². The van der Waals surface area contributed by atoms with E-state index in [9.17, 15) is 0 Å². The molecular weight excluding hydrogens is 282 g/mol. The zero-order valence-electron chi connectivity index (χ0n) is 11.1. The molecule has 0 bridgehead atoms. The SMILES string of the molecule is CCc1cc2c(NCC(C)CCO)nc(Cl)nc2s1. The molecule has 0 saturated carbocycles. The number of aromatic nitrogens is 2. The van der Waals surface area contributed by atoms with Crippen molar-refractivity contribution in [2.45, 2.75) is 26.7 Å². The summed E-state index contributed by atoms with van der Waals surface area (Å²) in [6.07, 6.45) is 1.76. The summed E-state index contributed by atoms with van der Waals surface area (Å²) in [6.45, 7) is 5.19. The standard InChI is InChI=1S/C13H18ClN3OS/c1-3-9-6-10-11(15-7-8(2)4-5-18)16-13(14)17-12(10)19-9/h6,8,18H,3-5,7H2,1-2H3,(H,15,16,17). The second kappa shape index (κ2) is 6.50. The van der Waals surface area contributed by atoms with Crippen molar-refractivity contribution in [2.75, 3.05) is 18.5 Å². The fourth-order valence-electron chi connectivity index (χ4n) is 1.85. The molecule has 1 atom stereocenters. The fraction of sp³-hybridized carbons (Fsp3) is 0.538. The summed E-state index contributed by atoms with van der Waals surface area (Å²) in [5.74, 6) is 1.17. The molecule has 0 aromatic carbocycles. The Balaban J connectivity index is 2.23. The number of nitrogens with zero attached hydrogens (tertiary/aromatic N) is 2. The maximum Gasteiger partial charge on any atom is 0.225 e.